The third kappa shape index (κ3) is 3.74. The van der Waals surface area contributed by atoms with Crippen molar-refractivity contribution in [2.75, 3.05) is 26.0 Å². The molecule has 0 saturated heterocycles. The van der Waals surface area contributed by atoms with Crippen molar-refractivity contribution in [2.45, 2.75) is 39.5 Å². The summed E-state index contributed by atoms with van der Waals surface area (Å²) in [7, 11) is 3.72. The minimum Gasteiger partial charge on any atom is -0.373 e. The first-order valence-electron chi connectivity index (χ1n) is 7.68. The summed E-state index contributed by atoms with van der Waals surface area (Å²) in [6.07, 6.45) is 1.24. The van der Waals surface area contributed by atoms with Gasteiger partial charge in [0, 0.05) is 37.3 Å². The van der Waals surface area contributed by atoms with Crippen molar-refractivity contribution in [3.8, 4) is 0 Å². The number of pyridine rings is 1. The number of nitrogens with one attached hydrogen (secondary N) is 1. The van der Waals surface area contributed by atoms with Crippen LogP contribution in [0.3, 0.4) is 0 Å². The van der Waals surface area contributed by atoms with Gasteiger partial charge in [-0.15, -0.1) is 0 Å². The van der Waals surface area contributed by atoms with E-state index in [9.17, 15) is 4.79 Å². The van der Waals surface area contributed by atoms with Crippen LogP contribution in [0.1, 0.15) is 50.2 Å². The lowest BCUT2D eigenvalue weighted by Crippen LogP contribution is -2.29. The molecule has 1 aromatic heterocycles. The van der Waals surface area contributed by atoms with Crippen LogP contribution >= 0.6 is 0 Å². The Labute approximate surface area is 127 Å². The van der Waals surface area contributed by atoms with Crippen molar-refractivity contribution in [2.24, 2.45) is 11.8 Å². The van der Waals surface area contributed by atoms with Gasteiger partial charge in [0.05, 0.1) is 0 Å². The Morgan fingerprint density at radius 2 is 2.05 bits per heavy atom. The van der Waals surface area contributed by atoms with Crippen LogP contribution in [0.4, 0.5) is 5.82 Å². The molecule has 1 heterocycles. The molecule has 1 aliphatic carbocycles. The number of carbonyl (C=O) groups excluding carboxylic acids is 1. The molecule has 2 unspecified atom stereocenters. The standard InChI is InChI=1S/C17H27N3O/c1-11-7-13(11)10-20(6)16(21)12-8-14(17(2,3)4)19-15(9-12)18-5/h8-9,11,13H,7,10H2,1-6H3,(H,18,19). The second-order valence-corrected chi connectivity index (χ2v) is 7.29. The van der Waals surface area contributed by atoms with Gasteiger partial charge >= 0.3 is 0 Å². The highest BCUT2D eigenvalue weighted by Gasteiger charge is 2.34. The molecular weight excluding hydrogens is 262 g/mol. The maximum Gasteiger partial charge on any atom is 0.253 e. The van der Waals surface area contributed by atoms with E-state index < -0.39 is 0 Å². The van der Waals surface area contributed by atoms with E-state index in [1.807, 2.05) is 31.1 Å². The minimum atomic E-state index is -0.0779. The zero-order chi connectivity index (χ0) is 15.8. The molecule has 0 aliphatic heterocycles. The molecule has 116 valence electrons. The van der Waals surface area contributed by atoms with Crippen LogP contribution in [-0.2, 0) is 5.41 Å². The van der Waals surface area contributed by atoms with Gasteiger partial charge in [0.15, 0.2) is 0 Å². The Balaban J connectivity index is 2.23. The summed E-state index contributed by atoms with van der Waals surface area (Å²) in [6, 6.07) is 3.76. The second-order valence-electron chi connectivity index (χ2n) is 7.29. The van der Waals surface area contributed by atoms with Crippen molar-refractivity contribution in [1.29, 1.82) is 0 Å². The van der Waals surface area contributed by atoms with E-state index in [2.05, 4.69) is 38.0 Å². The monoisotopic (exact) mass is 289 g/mol. The summed E-state index contributed by atoms with van der Waals surface area (Å²) in [4.78, 5) is 19.0. The maximum absolute atomic E-state index is 12.6. The highest BCUT2D eigenvalue weighted by Crippen LogP contribution is 2.38. The predicted octanol–water partition coefficient (Wildman–Crippen LogP) is 3.15. The Morgan fingerprint density at radius 1 is 1.43 bits per heavy atom. The summed E-state index contributed by atoms with van der Waals surface area (Å²) in [5, 5.41) is 3.05. The number of amides is 1. The molecule has 4 nitrogen and oxygen atoms in total. The fourth-order valence-corrected chi connectivity index (χ4v) is 2.47. The smallest absolute Gasteiger partial charge is 0.253 e. The first kappa shape index (κ1) is 15.8. The second kappa shape index (κ2) is 5.66. The molecule has 1 saturated carbocycles. The third-order valence-electron chi connectivity index (χ3n) is 4.23. The summed E-state index contributed by atoms with van der Waals surface area (Å²) in [6.45, 7) is 9.42. The molecule has 0 spiro atoms. The SMILES string of the molecule is CNc1cc(C(=O)N(C)CC2CC2C)cc(C(C)(C)C)n1. The molecule has 0 bridgehead atoms. The average Bonchev–Trinajstić information content (AvgIpc) is 3.11. The number of carbonyl (C=O) groups is 1. The van der Waals surface area contributed by atoms with Crippen molar-refractivity contribution in [1.82, 2.24) is 9.88 Å². The highest BCUT2D eigenvalue weighted by atomic mass is 16.2. The molecule has 1 aliphatic rings. The lowest BCUT2D eigenvalue weighted by Gasteiger charge is -2.22. The Kier molecular flexibility index (Phi) is 4.26. The molecule has 2 rings (SSSR count). The van der Waals surface area contributed by atoms with Crippen molar-refractivity contribution in [3.05, 3.63) is 23.4 Å². The quantitative estimate of drug-likeness (QED) is 0.926. The van der Waals surface area contributed by atoms with Crippen LogP contribution in [0, 0.1) is 11.8 Å². The molecule has 1 fully saturated rings. The molecular formula is C17H27N3O. The molecule has 1 amide bonds. The number of nitrogens with zero attached hydrogens (tertiary/aromatic N) is 2. The lowest BCUT2D eigenvalue weighted by atomic mass is 9.90. The average molecular weight is 289 g/mol. The van der Waals surface area contributed by atoms with Gasteiger partial charge in [-0.25, -0.2) is 4.98 Å². The van der Waals surface area contributed by atoms with Gasteiger partial charge in [-0.05, 0) is 30.4 Å². The number of aromatic nitrogens is 1. The van der Waals surface area contributed by atoms with Gasteiger partial charge in [0.25, 0.3) is 5.91 Å². The molecule has 1 N–H and O–H groups in total. The van der Waals surface area contributed by atoms with Gasteiger partial charge in [-0.2, -0.15) is 0 Å². The molecule has 4 heteroatoms. The molecule has 0 radical (unpaired) electrons. The summed E-state index contributed by atoms with van der Waals surface area (Å²) in [5.74, 6) is 2.26. The summed E-state index contributed by atoms with van der Waals surface area (Å²) >= 11 is 0. The zero-order valence-corrected chi connectivity index (χ0v) is 14.0. The maximum atomic E-state index is 12.6. The van der Waals surface area contributed by atoms with Crippen LogP contribution in [0.25, 0.3) is 0 Å². The summed E-state index contributed by atoms with van der Waals surface area (Å²) < 4.78 is 0. The van der Waals surface area contributed by atoms with E-state index in [4.69, 9.17) is 0 Å². The van der Waals surface area contributed by atoms with E-state index in [-0.39, 0.29) is 11.3 Å². The van der Waals surface area contributed by atoms with Crippen molar-refractivity contribution < 1.29 is 4.79 Å². The van der Waals surface area contributed by atoms with Gasteiger partial charge in [0.1, 0.15) is 5.82 Å². The van der Waals surface area contributed by atoms with E-state index in [1.54, 1.807) is 0 Å². The molecule has 1 aromatic rings. The van der Waals surface area contributed by atoms with Crippen molar-refractivity contribution in [3.63, 3.8) is 0 Å². The Bertz CT molecular complexity index is 533. The molecule has 21 heavy (non-hydrogen) atoms. The topological polar surface area (TPSA) is 45.2 Å². The Hall–Kier alpha value is -1.58. The fourth-order valence-electron chi connectivity index (χ4n) is 2.47. The molecule has 2 atom stereocenters. The van der Waals surface area contributed by atoms with E-state index in [0.717, 1.165) is 29.5 Å². The predicted molar refractivity (Wildman–Crippen MR) is 86.7 cm³/mol. The van der Waals surface area contributed by atoms with E-state index >= 15 is 0 Å². The van der Waals surface area contributed by atoms with Crippen LogP contribution in [0.5, 0.6) is 0 Å². The van der Waals surface area contributed by atoms with Crippen LogP contribution in [0.15, 0.2) is 12.1 Å². The van der Waals surface area contributed by atoms with Gasteiger partial charge in [0.2, 0.25) is 0 Å². The van der Waals surface area contributed by atoms with Gasteiger partial charge < -0.3 is 10.2 Å². The Morgan fingerprint density at radius 3 is 2.52 bits per heavy atom. The zero-order valence-electron chi connectivity index (χ0n) is 14.0. The number of hydrogen-bond donors (Lipinski definition) is 1. The van der Waals surface area contributed by atoms with Crippen molar-refractivity contribution >= 4 is 11.7 Å². The third-order valence-corrected chi connectivity index (χ3v) is 4.23. The number of anilines is 1. The fraction of sp³-hybridized carbons (Fsp3) is 0.647. The highest BCUT2D eigenvalue weighted by molar-refractivity contribution is 5.95. The first-order chi connectivity index (χ1) is 9.72. The van der Waals surface area contributed by atoms with E-state index in [1.165, 1.54) is 6.42 Å². The lowest BCUT2D eigenvalue weighted by molar-refractivity contribution is 0.0787. The van der Waals surface area contributed by atoms with Crippen LogP contribution < -0.4 is 5.32 Å². The summed E-state index contributed by atoms with van der Waals surface area (Å²) in [5.41, 5.74) is 1.58. The first-order valence-corrected chi connectivity index (χ1v) is 7.68. The van der Waals surface area contributed by atoms with Gasteiger partial charge in [-0.3, -0.25) is 4.79 Å². The number of rotatable bonds is 4. The molecule has 0 aromatic carbocycles. The van der Waals surface area contributed by atoms with Gasteiger partial charge in [-0.1, -0.05) is 27.7 Å². The normalized spacial score (nSPS) is 21.0. The van der Waals surface area contributed by atoms with Crippen LogP contribution in [0.2, 0.25) is 0 Å². The number of hydrogen-bond acceptors (Lipinski definition) is 3. The van der Waals surface area contributed by atoms with Crippen LogP contribution in [-0.4, -0.2) is 36.4 Å². The minimum absolute atomic E-state index is 0.0779. The largest absolute Gasteiger partial charge is 0.373 e. The van der Waals surface area contributed by atoms with E-state index in [0.29, 0.717) is 5.92 Å².